The summed E-state index contributed by atoms with van der Waals surface area (Å²) >= 11 is 0. The van der Waals surface area contributed by atoms with E-state index in [4.69, 9.17) is 0 Å². The summed E-state index contributed by atoms with van der Waals surface area (Å²) in [6.45, 7) is 10.3. The van der Waals surface area contributed by atoms with Crippen molar-refractivity contribution in [1.29, 1.82) is 0 Å². The van der Waals surface area contributed by atoms with Crippen LogP contribution in [0.2, 0.25) is 26.2 Å². The van der Waals surface area contributed by atoms with Crippen molar-refractivity contribution < 1.29 is 0 Å². The second-order valence-corrected chi connectivity index (χ2v) is 21.1. The van der Waals surface area contributed by atoms with E-state index in [0.29, 0.717) is 0 Å². The largest absolute Gasteiger partial charge is 0.0745 e. The smallest absolute Gasteiger partial charge is 0.0707 e. The Hall–Kier alpha value is -0.346. The van der Waals surface area contributed by atoms with Gasteiger partial charge >= 0.3 is 0 Å². The van der Waals surface area contributed by atoms with Gasteiger partial charge in [0.1, 0.15) is 0 Å². The molecule has 0 atom stereocenters. The molecule has 0 bridgehead atoms. The maximum absolute atomic E-state index is 2.57. The van der Waals surface area contributed by atoms with E-state index >= 15 is 0 Å². The fraction of sp³-hybridized carbons (Fsp3) is 0.455. The second kappa shape index (κ2) is 2.58. The first-order valence-electron chi connectivity index (χ1n) is 5.03. The Kier molecular flexibility index (Phi) is 1.83. The molecule has 0 N–H and O–H groups in total. The van der Waals surface area contributed by atoms with E-state index in [-0.39, 0.29) is 0 Å². The van der Waals surface area contributed by atoms with Crippen molar-refractivity contribution in [3.8, 4) is 0 Å². The van der Waals surface area contributed by atoms with Crippen LogP contribution >= 0.6 is 0 Å². The van der Waals surface area contributed by atoms with Crippen LogP contribution in [0, 0.1) is 0 Å². The van der Waals surface area contributed by atoms with Crippen LogP contribution in [-0.2, 0) is 6.04 Å². The maximum atomic E-state index is 2.57. The molecule has 0 fully saturated rings. The molecule has 1 aliphatic rings. The molecule has 1 aromatic rings. The molecule has 2 heteroatoms. The molecule has 13 heavy (non-hydrogen) atoms. The van der Waals surface area contributed by atoms with Gasteiger partial charge in [0.25, 0.3) is 0 Å². The van der Waals surface area contributed by atoms with Crippen molar-refractivity contribution in [2.75, 3.05) is 0 Å². The Balaban J connectivity index is 2.60. The van der Waals surface area contributed by atoms with Gasteiger partial charge in [-0.25, -0.2) is 0 Å². The predicted molar refractivity (Wildman–Crippen MR) is 64.7 cm³/mol. The van der Waals surface area contributed by atoms with E-state index < -0.39 is 15.2 Å². The summed E-state index contributed by atoms with van der Waals surface area (Å²) in [5, 5.41) is 1.74. The highest BCUT2D eigenvalue weighted by Gasteiger charge is 2.48. The number of rotatable bonds is 0. The Morgan fingerprint density at radius 1 is 1.00 bits per heavy atom. The van der Waals surface area contributed by atoms with Crippen LogP contribution in [-0.4, -0.2) is 15.2 Å². The zero-order chi connectivity index (χ0) is 9.69. The summed E-state index contributed by atoms with van der Waals surface area (Å²) in [5.41, 5.74) is 1.66. The molecule has 0 aromatic heterocycles. The highest BCUT2D eigenvalue weighted by Crippen LogP contribution is 2.29. The van der Waals surface area contributed by atoms with Gasteiger partial charge in [-0.1, -0.05) is 61.2 Å². The van der Waals surface area contributed by atoms with Gasteiger partial charge in [-0.05, 0) is 6.04 Å². The summed E-state index contributed by atoms with van der Waals surface area (Å²) in [6.07, 6.45) is 0. The lowest BCUT2D eigenvalue weighted by atomic mass is 10.2. The first kappa shape index (κ1) is 9.22. The Morgan fingerprint density at radius 3 is 2.23 bits per heavy atom. The van der Waals surface area contributed by atoms with E-state index in [9.17, 15) is 0 Å². The van der Waals surface area contributed by atoms with E-state index in [1.165, 1.54) is 6.04 Å². The number of benzene rings is 1. The Labute approximate surface area is 82.8 Å². The molecule has 1 aliphatic heterocycles. The Bertz CT molecular complexity index is 340. The second-order valence-electron chi connectivity index (χ2n) is 5.34. The molecule has 0 spiro atoms. The first-order chi connectivity index (χ1) is 5.95. The van der Waals surface area contributed by atoms with E-state index in [0.717, 1.165) is 0 Å². The van der Waals surface area contributed by atoms with Crippen molar-refractivity contribution in [2.24, 2.45) is 0 Å². The molecular weight excluding hydrogens is 188 g/mol. The predicted octanol–water partition coefficient (Wildman–Crippen LogP) is 2.48. The molecule has 0 saturated carbocycles. The fourth-order valence-corrected chi connectivity index (χ4v) is 11.3. The van der Waals surface area contributed by atoms with E-state index in [2.05, 4.69) is 50.5 Å². The van der Waals surface area contributed by atoms with E-state index in [1.807, 2.05) is 0 Å². The zero-order valence-electron chi connectivity index (χ0n) is 9.02. The summed E-state index contributed by atoms with van der Waals surface area (Å²) < 4.78 is 0. The highest BCUT2D eigenvalue weighted by molar-refractivity contribution is 7.46. The molecule has 0 nitrogen and oxygen atoms in total. The van der Waals surface area contributed by atoms with Crippen LogP contribution in [0.3, 0.4) is 0 Å². The van der Waals surface area contributed by atoms with Crippen LogP contribution in [0.4, 0.5) is 0 Å². The molecule has 0 radical (unpaired) electrons. The normalized spacial score (nSPS) is 22.8. The van der Waals surface area contributed by atoms with Gasteiger partial charge in [-0.2, -0.15) is 0 Å². The quantitative estimate of drug-likeness (QED) is 0.572. The summed E-state index contributed by atoms with van der Waals surface area (Å²) in [5.74, 6) is 0. The molecule has 0 unspecified atom stereocenters. The third-order valence-corrected chi connectivity index (χ3v) is 22.0. The SMILES string of the molecule is C[Si]1(C)Cc2ccccc2[Si]1(C)C. The van der Waals surface area contributed by atoms with Crippen molar-refractivity contribution in [3.63, 3.8) is 0 Å². The maximum Gasteiger partial charge on any atom is 0.0745 e. The monoisotopic (exact) mass is 206 g/mol. The molecule has 0 amide bonds. The van der Waals surface area contributed by atoms with Gasteiger partial charge in [0.05, 0.1) is 15.2 Å². The topological polar surface area (TPSA) is 0 Å². The molecular formula is C11H18Si2. The van der Waals surface area contributed by atoms with Crippen molar-refractivity contribution >= 4 is 20.4 Å². The van der Waals surface area contributed by atoms with Crippen LogP contribution < -0.4 is 5.19 Å². The summed E-state index contributed by atoms with van der Waals surface area (Å²) in [6, 6.07) is 10.5. The van der Waals surface area contributed by atoms with Gasteiger partial charge in [0.2, 0.25) is 0 Å². The van der Waals surface area contributed by atoms with Crippen molar-refractivity contribution in [2.45, 2.75) is 32.2 Å². The van der Waals surface area contributed by atoms with Gasteiger partial charge in [0.15, 0.2) is 0 Å². The average molecular weight is 206 g/mol. The number of fused-ring (bicyclic) bond motifs is 1. The molecule has 2 rings (SSSR count). The standard InChI is InChI=1S/C11H18Si2/c1-12(2)9-10-7-5-6-8-11(10)13(12,3)4/h5-8H,9H2,1-4H3. The highest BCUT2D eigenvalue weighted by atomic mass is 29.3. The average Bonchev–Trinajstić information content (AvgIpc) is 2.20. The van der Waals surface area contributed by atoms with Gasteiger partial charge in [0, 0.05) is 0 Å². The van der Waals surface area contributed by atoms with Crippen molar-refractivity contribution in [3.05, 3.63) is 29.8 Å². The minimum Gasteiger partial charge on any atom is -0.0707 e. The molecule has 1 aromatic carbocycles. The third kappa shape index (κ3) is 1.16. The van der Waals surface area contributed by atoms with Gasteiger partial charge < -0.3 is 0 Å². The zero-order valence-corrected chi connectivity index (χ0v) is 11.0. The van der Waals surface area contributed by atoms with Crippen LogP contribution in [0.5, 0.6) is 0 Å². The minimum atomic E-state index is -1.05. The van der Waals surface area contributed by atoms with Crippen LogP contribution in [0.15, 0.2) is 24.3 Å². The first-order valence-corrected chi connectivity index (χ1v) is 12.2. The molecule has 1 heterocycles. The van der Waals surface area contributed by atoms with Crippen LogP contribution in [0.25, 0.3) is 0 Å². The Morgan fingerprint density at radius 2 is 1.62 bits per heavy atom. The number of hydrogen-bond donors (Lipinski definition) is 0. The van der Waals surface area contributed by atoms with Gasteiger partial charge in [-0.15, -0.1) is 0 Å². The summed E-state index contributed by atoms with van der Waals surface area (Å²) in [7, 11) is -1.98. The summed E-state index contributed by atoms with van der Waals surface area (Å²) in [4.78, 5) is 0. The third-order valence-electron chi connectivity index (χ3n) is 4.02. The molecule has 0 saturated heterocycles. The number of hydrogen-bond acceptors (Lipinski definition) is 0. The van der Waals surface area contributed by atoms with E-state index in [1.54, 1.807) is 10.8 Å². The minimum absolute atomic E-state index is 0.934. The lowest BCUT2D eigenvalue weighted by Gasteiger charge is -2.31. The lowest BCUT2D eigenvalue weighted by Crippen LogP contribution is -2.58. The lowest BCUT2D eigenvalue weighted by molar-refractivity contribution is 1.39. The molecule has 0 aliphatic carbocycles. The van der Waals surface area contributed by atoms with Crippen LogP contribution in [0.1, 0.15) is 5.56 Å². The molecule has 70 valence electrons. The fourth-order valence-electron chi connectivity index (χ4n) is 2.35. The van der Waals surface area contributed by atoms with Gasteiger partial charge in [-0.3, -0.25) is 0 Å². The van der Waals surface area contributed by atoms with Crippen molar-refractivity contribution in [1.82, 2.24) is 0 Å².